The van der Waals surface area contributed by atoms with Gasteiger partial charge in [0.25, 0.3) is 0 Å². The third kappa shape index (κ3) is 4.06. The first kappa shape index (κ1) is 13.4. The first-order valence-electron chi connectivity index (χ1n) is 5.23. The van der Waals surface area contributed by atoms with Gasteiger partial charge in [-0.15, -0.1) is 0 Å². The van der Waals surface area contributed by atoms with Gasteiger partial charge < -0.3 is 11.5 Å². The Labute approximate surface area is 100 Å². The molecule has 1 rings (SSSR count). The molecule has 0 heterocycles. The third-order valence-electron chi connectivity index (χ3n) is 2.29. The second-order valence-electron chi connectivity index (χ2n) is 3.59. The summed E-state index contributed by atoms with van der Waals surface area (Å²) in [4.78, 5) is 2.06. The number of hydrogen-bond acceptors (Lipinski definition) is 3. The Balaban J connectivity index is 2.71. The number of hydrogen-bond donors (Lipinski definition) is 2. The summed E-state index contributed by atoms with van der Waals surface area (Å²) < 4.78 is 13.0. The summed E-state index contributed by atoms with van der Waals surface area (Å²) >= 11 is 5.98. The van der Waals surface area contributed by atoms with E-state index in [9.17, 15) is 4.39 Å². The van der Waals surface area contributed by atoms with Crippen LogP contribution in [0.2, 0.25) is 5.02 Å². The van der Waals surface area contributed by atoms with E-state index in [2.05, 4.69) is 4.90 Å². The van der Waals surface area contributed by atoms with Gasteiger partial charge in [-0.05, 0) is 23.8 Å². The molecule has 0 amide bonds. The normalized spacial score (nSPS) is 11.1. The molecule has 0 atom stereocenters. The molecule has 16 heavy (non-hydrogen) atoms. The zero-order valence-corrected chi connectivity index (χ0v) is 9.88. The topological polar surface area (TPSA) is 55.3 Å². The van der Waals surface area contributed by atoms with E-state index < -0.39 is 0 Å². The molecule has 4 N–H and O–H groups in total. The first-order valence-corrected chi connectivity index (χ1v) is 5.61. The Bertz CT molecular complexity index is 327. The summed E-state index contributed by atoms with van der Waals surface area (Å²) in [5.41, 5.74) is 11.8. The summed E-state index contributed by atoms with van der Waals surface area (Å²) in [7, 11) is 0. The molecule has 1 aromatic carbocycles. The molecular formula is C11H17ClFN3. The summed E-state index contributed by atoms with van der Waals surface area (Å²) in [5, 5.41) is 0.570. The molecule has 0 aromatic heterocycles. The highest BCUT2D eigenvalue weighted by atomic mass is 35.5. The molecule has 0 saturated heterocycles. The van der Waals surface area contributed by atoms with Crippen LogP contribution >= 0.6 is 11.6 Å². The standard InChI is InChI=1S/C11H17ClFN3/c12-11-2-1-10(13)7-9(11)8-16(5-3-14)6-4-15/h1-2,7H,3-6,8,14-15H2. The van der Waals surface area contributed by atoms with Crippen molar-refractivity contribution in [3.63, 3.8) is 0 Å². The van der Waals surface area contributed by atoms with Crippen LogP contribution in [0.1, 0.15) is 5.56 Å². The maximum Gasteiger partial charge on any atom is 0.123 e. The van der Waals surface area contributed by atoms with Crippen LogP contribution in [-0.4, -0.2) is 31.1 Å². The van der Waals surface area contributed by atoms with Gasteiger partial charge in [-0.2, -0.15) is 0 Å². The second-order valence-corrected chi connectivity index (χ2v) is 4.00. The molecular weight excluding hydrogens is 229 g/mol. The van der Waals surface area contributed by atoms with Crippen LogP contribution in [0, 0.1) is 5.82 Å². The van der Waals surface area contributed by atoms with Gasteiger partial charge in [0.2, 0.25) is 0 Å². The van der Waals surface area contributed by atoms with Crippen molar-refractivity contribution in [3.05, 3.63) is 34.6 Å². The second kappa shape index (κ2) is 6.81. The Morgan fingerprint density at radius 3 is 2.38 bits per heavy atom. The van der Waals surface area contributed by atoms with Crippen molar-refractivity contribution in [1.82, 2.24) is 4.90 Å². The molecule has 0 radical (unpaired) electrons. The maximum atomic E-state index is 13.0. The average Bonchev–Trinajstić information content (AvgIpc) is 2.24. The molecule has 0 bridgehead atoms. The molecule has 0 unspecified atom stereocenters. The highest BCUT2D eigenvalue weighted by molar-refractivity contribution is 6.31. The lowest BCUT2D eigenvalue weighted by atomic mass is 10.2. The van der Waals surface area contributed by atoms with Crippen molar-refractivity contribution < 1.29 is 4.39 Å². The zero-order chi connectivity index (χ0) is 12.0. The van der Waals surface area contributed by atoms with Crippen LogP contribution in [0.25, 0.3) is 0 Å². The number of halogens is 2. The first-order chi connectivity index (χ1) is 7.67. The minimum Gasteiger partial charge on any atom is -0.329 e. The van der Waals surface area contributed by atoms with Crippen molar-refractivity contribution in [2.24, 2.45) is 11.5 Å². The predicted molar refractivity (Wildman–Crippen MR) is 64.8 cm³/mol. The van der Waals surface area contributed by atoms with Gasteiger partial charge in [-0.3, -0.25) is 4.90 Å². The van der Waals surface area contributed by atoms with E-state index in [0.29, 0.717) is 24.7 Å². The fourth-order valence-corrected chi connectivity index (χ4v) is 1.72. The third-order valence-corrected chi connectivity index (χ3v) is 2.66. The van der Waals surface area contributed by atoms with Gasteiger partial charge in [0.05, 0.1) is 0 Å². The van der Waals surface area contributed by atoms with Gasteiger partial charge in [-0.25, -0.2) is 4.39 Å². The molecule has 0 aliphatic carbocycles. The SMILES string of the molecule is NCCN(CCN)Cc1cc(F)ccc1Cl. The lowest BCUT2D eigenvalue weighted by Crippen LogP contribution is -2.33. The number of nitrogens with zero attached hydrogens (tertiary/aromatic N) is 1. The van der Waals surface area contributed by atoms with E-state index in [1.54, 1.807) is 6.07 Å². The molecule has 5 heteroatoms. The van der Waals surface area contributed by atoms with E-state index in [1.807, 2.05) is 0 Å². The van der Waals surface area contributed by atoms with Crippen LogP contribution in [0.4, 0.5) is 4.39 Å². The predicted octanol–water partition coefficient (Wildman–Crippen LogP) is 1.20. The van der Waals surface area contributed by atoms with Crippen molar-refractivity contribution in [3.8, 4) is 0 Å². The fraction of sp³-hybridized carbons (Fsp3) is 0.455. The summed E-state index contributed by atoms with van der Waals surface area (Å²) in [6.07, 6.45) is 0. The fourth-order valence-electron chi connectivity index (χ4n) is 1.54. The van der Waals surface area contributed by atoms with E-state index in [1.165, 1.54) is 12.1 Å². The summed E-state index contributed by atoms with van der Waals surface area (Å²) in [6.45, 7) is 3.12. The smallest absolute Gasteiger partial charge is 0.123 e. The lowest BCUT2D eigenvalue weighted by Gasteiger charge is -2.21. The Morgan fingerprint density at radius 2 is 1.81 bits per heavy atom. The van der Waals surface area contributed by atoms with Crippen LogP contribution in [-0.2, 0) is 6.54 Å². The quantitative estimate of drug-likeness (QED) is 0.792. The van der Waals surface area contributed by atoms with Crippen LogP contribution < -0.4 is 11.5 Å². The number of nitrogens with two attached hydrogens (primary N) is 2. The van der Waals surface area contributed by atoms with Gasteiger partial charge in [0.1, 0.15) is 5.82 Å². The van der Waals surface area contributed by atoms with Gasteiger partial charge in [0, 0.05) is 37.7 Å². The van der Waals surface area contributed by atoms with Crippen LogP contribution in [0.3, 0.4) is 0 Å². The molecule has 0 spiro atoms. The van der Waals surface area contributed by atoms with Crippen LogP contribution in [0.15, 0.2) is 18.2 Å². The molecule has 0 aliphatic rings. The van der Waals surface area contributed by atoms with E-state index in [0.717, 1.165) is 18.7 Å². The minimum atomic E-state index is -0.278. The highest BCUT2D eigenvalue weighted by Gasteiger charge is 2.08. The maximum absolute atomic E-state index is 13.0. The zero-order valence-electron chi connectivity index (χ0n) is 9.13. The lowest BCUT2D eigenvalue weighted by molar-refractivity contribution is 0.280. The minimum absolute atomic E-state index is 0.278. The van der Waals surface area contributed by atoms with E-state index in [4.69, 9.17) is 23.1 Å². The van der Waals surface area contributed by atoms with Gasteiger partial charge in [0.15, 0.2) is 0 Å². The van der Waals surface area contributed by atoms with Crippen LogP contribution in [0.5, 0.6) is 0 Å². The summed E-state index contributed by atoms with van der Waals surface area (Å²) in [5.74, 6) is -0.278. The van der Waals surface area contributed by atoms with Crippen molar-refractivity contribution >= 4 is 11.6 Å². The van der Waals surface area contributed by atoms with Crippen molar-refractivity contribution in [1.29, 1.82) is 0 Å². The van der Waals surface area contributed by atoms with Gasteiger partial charge >= 0.3 is 0 Å². The molecule has 3 nitrogen and oxygen atoms in total. The monoisotopic (exact) mass is 245 g/mol. The molecule has 90 valence electrons. The molecule has 0 aliphatic heterocycles. The Morgan fingerprint density at radius 1 is 1.19 bits per heavy atom. The van der Waals surface area contributed by atoms with Crippen molar-refractivity contribution in [2.75, 3.05) is 26.2 Å². The summed E-state index contributed by atoms with van der Waals surface area (Å²) in [6, 6.07) is 4.36. The molecule has 0 fully saturated rings. The Hall–Kier alpha value is -0.680. The number of benzene rings is 1. The highest BCUT2D eigenvalue weighted by Crippen LogP contribution is 2.18. The molecule has 0 saturated carbocycles. The van der Waals surface area contributed by atoms with Gasteiger partial charge in [-0.1, -0.05) is 11.6 Å². The number of rotatable bonds is 6. The molecule has 1 aromatic rings. The van der Waals surface area contributed by atoms with E-state index in [-0.39, 0.29) is 5.82 Å². The largest absolute Gasteiger partial charge is 0.329 e. The van der Waals surface area contributed by atoms with E-state index >= 15 is 0 Å². The average molecular weight is 246 g/mol. The van der Waals surface area contributed by atoms with Crippen molar-refractivity contribution in [2.45, 2.75) is 6.54 Å². The Kier molecular flexibility index (Phi) is 5.69.